The van der Waals surface area contributed by atoms with E-state index in [0.29, 0.717) is 30.8 Å². The van der Waals surface area contributed by atoms with Crippen molar-refractivity contribution < 1.29 is 22.8 Å². The second-order valence-corrected chi connectivity index (χ2v) is 7.40. The number of halogens is 3. The molecule has 2 rings (SSSR count). The quantitative estimate of drug-likeness (QED) is 0.458. The summed E-state index contributed by atoms with van der Waals surface area (Å²) < 4.78 is 40.2. The molecule has 0 unspecified atom stereocenters. The number of amides is 2. The topological polar surface area (TPSA) is 61.4 Å². The SMILES string of the molecule is CCN(c1ccc(C(=O)NCCCCCCC(=O)NC)cc1)c1ccccc1C(F)(F)F. The van der Waals surface area contributed by atoms with Crippen molar-refractivity contribution in [2.24, 2.45) is 0 Å². The van der Waals surface area contributed by atoms with Crippen molar-refractivity contribution in [3.8, 4) is 0 Å². The Morgan fingerprint density at radius 3 is 2.22 bits per heavy atom. The van der Waals surface area contributed by atoms with E-state index in [0.717, 1.165) is 31.7 Å². The van der Waals surface area contributed by atoms with Crippen LogP contribution in [0.5, 0.6) is 0 Å². The number of benzene rings is 2. The zero-order valence-corrected chi connectivity index (χ0v) is 18.5. The van der Waals surface area contributed by atoms with E-state index in [2.05, 4.69) is 10.6 Å². The number of hydrogen-bond acceptors (Lipinski definition) is 3. The van der Waals surface area contributed by atoms with Gasteiger partial charge in [-0.2, -0.15) is 13.2 Å². The van der Waals surface area contributed by atoms with Crippen LogP contribution in [0.15, 0.2) is 48.5 Å². The van der Waals surface area contributed by atoms with Crippen LogP contribution in [-0.2, 0) is 11.0 Å². The molecule has 0 aliphatic carbocycles. The van der Waals surface area contributed by atoms with E-state index in [-0.39, 0.29) is 17.5 Å². The number of carbonyl (C=O) groups excluding carboxylic acids is 2. The van der Waals surface area contributed by atoms with Gasteiger partial charge < -0.3 is 15.5 Å². The number of anilines is 2. The van der Waals surface area contributed by atoms with Crippen molar-refractivity contribution in [2.45, 2.75) is 45.2 Å². The summed E-state index contributed by atoms with van der Waals surface area (Å²) in [6, 6.07) is 12.0. The van der Waals surface area contributed by atoms with Crippen molar-refractivity contribution in [1.29, 1.82) is 0 Å². The molecule has 174 valence electrons. The fraction of sp³-hybridized carbons (Fsp3) is 0.417. The van der Waals surface area contributed by atoms with Gasteiger partial charge in [0, 0.05) is 37.8 Å². The molecule has 8 heteroatoms. The van der Waals surface area contributed by atoms with Crippen molar-refractivity contribution in [1.82, 2.24) is 10.6 Å². The Kier molecular flexibility index (Phi) is 9.56. The lowest BCUT2D eigenvalue weighted by atomic mass is 10.1. The minimum absolute atomic E-state index is 0.0327. The van der Waals surface area contributed by atoms with Gasteiger partial charge in [-0.05, 0) is 56.2 Å². The summed E-state index contributed by atoms with van der Waals surface area (Å²) >= 11 is 0. The Labute approximate surface area is 187 Å². The summed E-state index contributed by atoms with van der Waals surface area (Å²) in [5.74, 6) is -0.189. The second-order valence-electron chi connectivity index (χ2n) is 7.40. The largest absolute Gasteiger partial charge is 0.418 e. The van der Waals surface area contributed by atoms with Gasteiger partial charge in [-0.15, -0.1) is 0 Å². The molecule has 0 saturated heterocycles. The molecular formula is C24H30F3N3O2. The molecule has 2 N–H and O–H groups in total. The van der Waals surface area contributed by atoms with Gasteiger partial charge in [-0.25, -0.2) is 0 Å². The van der Waals surface area contributed by atoms with E-state index in [1.807, 2.05) is 0 Å². The number of carbonyl (C=O) groups is 2. The predicted octanol–water partition coefficient (Wildman–Crippen LogP) is 5.29. The molecule has 0 fully saturated rings. The number of alkyl halides is 3. The van der Waals surface area contributed by atoms with Gasteiger partial charge in [0.15, 0.2) is 0 Å². The van der Waals surface area contributed by atoms with Crippen LogP contribution in [0, 0.1) is 0 Å². The maximum Gasteiger partial charge on any atom is 0.418 e. The monoisotopic (exact) mass is 449 g/mol. The summed E-state index contributed by atoms with van der Waals surface area (Å²) in [7, 11) is 1.62. The van der Waals surface area contributed by atoms with Gasteiger partial charge >= 0.3 is 6.18 Å². The van der Waals surface area contributed by atoms with Gasteiger partial charge in [0.05, 0.1) is 11.3 Å². The fourth-order valence-electron chi connectivity index (χ4n) is 3.43. The Morgan fingerprint density at radius 2 is 1.59 bits per heavy atom. The van der Waals surface area contributed by atoms with Crippen molar-refractivity contribution in [3.05, 3.63) is 59.7 Å². The van der Waals surface area contributed by atoms with E-state index in [1.165, 1.54) is 12.1 Å². The lowest BCUT2D eigenvalue weighted by Crippen LogP contribution is -2.24. The minimum atomic E-state index is -4.45. The number of nitrogens with zero attached hydrogens (tertiary/aromatic N) is 1. The third kappa shape index (κ3) is 7.28. The molecule has 2 aromatic rings. The average molecular weight is 450 g/mol. The lowest BCUT2D eigenvalue weighted by molar-refractivity contribution is -0.137. The molecule has 0 radical (unpaired) electrons. The minimum Gasteiger partial charge on any atom is -0.359 e. The van der Waals surface area contributed by atoms with Crippen LogP contribution in [0.1, 0.15) is 54.9 Å². The molecule has 0 spiro atoms. The van der Waals surface area contributed by atoms with Crippen molar-refractivity contribution in [2.75, 3.05) is 25.0 Å². The maximum atomic E-state index is 13.4. The third-order valence-corrected chi connectivity index (χ3v) is 5.15. The van der Waals surface area contributed by atoms with E-state index in [4.69, 9.17) is 0 Å². The van der Waals surface area contributed by atoms with Crippen LogP contribution in [0.25, 0.3) is 0 Å². The number of hydrogen-bond donors (Lipinski definition) is 2. The van der Waals surface area contributed by atoms with Gasteiger partial charge in [0.1, 0.15) is 0 Å². The highest BCUT2D eigenvalue weighted by molar-refractivity contribution is 5.94. The van der Waals surface area contributed by atoms with Crippen LogP contribution in [0.2, 0.25) is 0 Å². The van der Waals surface area contributed by atoms with Crippen molar-refractivity contribution in [3.63, 3.8) is 0 Å². The highest BCUT2D eigenvalue weighted by Crippen LogP contribution is 2.38. The van der Waals surface area contributed by atoms with E-state index >= 15 is 0 Å². The number of para-hydroxylation sites is 1. The fourth-order valence-corrected chi connectivity index (χ4v) is 3.43. The molecule has 0 aliphatic heterocycles. The zero-order valence-electron chi connectivity index (χ0n) is 18.5. The van der Waals surface area contributed by atoms with Crippen LogP contribution >= 0.6 is 0 Å². The number of nitrogens with one attached hydrogen (secondary N) is 2. The van der Waals surface area contributed by atoms with Gasteiger partial charge in [-0.1, -0.05) is 25.0 Å². The highest BCUT2D eigenvalue weighted by Gasteiger charge is 2.34. The Bertz CT molecular complexity index is 883. The highest BCUT2D eigenvalue weighted by atomic mass is 19.4. The van der Waals surface area contributed by atoms with E-state index in [1.54, 1.807) is 49.2 Å². The Balaban J connectivity index is 1.92. The lowest BCUT2D eigenvalue weighted by Gasteiger charge is -2.26. The molecule has 0 aromatic heterocycles. The van der Waals surface area contributed by atoms with Crippen LogP contribution in [0.3, 0.4) is 0 Å². The molecule has 32 heavy (non-hydrogen) atoms. The number of rotatable bonds is 11. The average Bonchev–Trinajstić information content (AvgIpc) is 2.78. The first kappa shape index (κ1) is 25.2. The van der Waals surface area contributed by atoms with Gasteiger partial charge in [0.2, 0.25) is 5.91 Å². The second kappa shape index (κ2) is 12.1. The molecule has 0 bridgehead atoms. The van der Waals surface area contributed by atoms with E-state index in [9.17, 15) is 22.8 Å². The van der Waals surface area contributed by atoms with Crippen molar-refractivity contribution >= 4 is 23.2 Å². The molecule has 0 heterocycles. The first-order valence-corrected chi connectivity index (χ1v) is 10.8. The molecule has 2 amide bonds. The first-order chi connectivity index (χ1) is 15.3. The molecule has 2 aromatic carbocycles. The standard InChI is InChI=1S/C24H30F3N3O2/c1-3-30(21-11-8-7-10-20(21)24(25,26)27)19-15-13-18(14-16-19)23(32)29-17-9-5-4-6-12-22(31)28-2/h7-8,10-11,13-16H,3-6,9,12,17H2,1-2H3,(H,28,31)(H,29,32). The van der Waals surface area contributed by atoms with Crippen LogP contribution < -0.4 is 15.5 Å². The van der Waals surface area contributed by atoms with E-state index < -0.39 is 11.7 Å². The number of unbranched alkanes of at least 4 members (excludes halogenated alkanes) is 3. The summed E-state index contributed by atoms with van der Waals surface area (Å²) in [6.45, 7) is 2.65. The molecule has 0 saturated carbocycles. The summed E-state index contributed by atoms with van der Waals surface area (Å²) in [4.78, 5) is 25.1. The summed E-state index contributed by atoms with van der Waals surface area (Å²) in [5.41, 5.74) is 0.417. The molecular weight excluding hydrogens is 419 g/mol. The molecule has 0 aliphatic rings. The van der Waals surface area contributed by atoms with Crippen LogP contribution in [0.4, 0.5) is 24.5 Å². The summed E-state index contributed by atoms with van der Waals surface area (Å²) in [5, 5.41) is 5.44. The Morgan fingerprint density at radius 1 is 0.938 bits per heavy atom. The summed E-state index contributed by atoms with van der Waals surface area (Å²) in [6.07, 6.45) is -0.468. The zero-order chi connectivity index (χ0) is 23.6. The smallest absolute Gasteiger partial charge is 0.359 e. The third-order valence-electron chi connectivity index (χ3n) is 5.15. The van der Waals surface area contributed by atoms with Gasteiger partial charge in [-0.3, -0.25) is 9.59 Å². The Hall–Kier alpha value is -3.03. The predicted molar refractivity (Wildman–Crippen MR) is 120 cm³/mol. The van der Waals surface area contributed by atoms with Crippen LogP contribution in [-0.4, -0.2) is 32.0 Å². The molecule has 5 nitrogen and oxygen atoms in total. The maximum absolute atomic E-state index is 13.4. The van der Waals surface area contributed by atoms with Gasteiger partial charge in [0.25, 0.3) is 5.91 Å². The normalized spacial score (nSPS) is 11.2. The first-order valence-electron chi connectivity index (χ1n) is 10.8. The molecule has 0 atom stereocenters.